The van der Waals surface area contributed by atoms with Crippen LogP contribution in [0.5, 0.6) is 11.5 Å². The van der Waals surface area contributed by atoms with Crippen LogP contribution in [0.4, 0.5) is 0 Å². The van der Waals surface area contributed by atoms with Gasteiger partial charge in [0, 0.05) is 38.3 Å². The van der Waals surface area contributed by atoms with E-state index in [0.717, 1.165) is 35.7 Å². The van der Waals surface area contributed by atoms with Crippen LogP contribution in [0.1, 0.15) is 23.7 Å². The summed E-state index contributed by atoms with van der Waals surface area (Å²) in [5, 5.41) is 3.02. The Morgan fingerprint density at radius 3 is 2.96 bits per heavy atom. The van der Waals surface area contributed by atoms with Gasteiger partial charge in [0.1, 0.15) is 19.0 Å². The largest absolute Gasteiger partial charge is 0.486 e. The van der Waals surface area contributed by atoms with Gasteiger partial charge < -0.3 is 19.4 Å². The molecule has 2 atom stereocenters. The molecule has 1 aromatic heterocycles. The molecule has 2 heterocycles. The molecule has 6 nitrogen and oxygen atoms in total. The fourth-order valence-corrected chi connectivity index (χ4v) is 3.21. The number of ether oxygens (including phenoxy) is 2. The lowest BCUT2D eigenvalue weighted by atomic mass is 10.1. The molecule has 1 aliphatic carbocycles. The maximum Gasteiger partial charge on any atom is 0.223 e. The molecule has 0 bridgehead atoms. The van der Waals surface area contributed by atoms with Crippen LogP contribution in [0.25, 0.3) is 0 Å². The number of nitrogens with zero attached hydrogens (tertiary/aromatic N) is 2. The van der Waals surface area contributed by atoms with Crippen molar-refractivity contribution in [1.29, 1.82) is 0 Å². The van der Waals surface area contributed by atoms with E-state index in [-0.39, 0.29) is 17.7 Å². The third-order valence-electron chi connectivity index (χ3n) is 4.69. The fourth-order valence-electron chi connectivity index (χ4n) is 3.21. The average molecular weight is 327 g/mol. The van der Waals surface area contributed by atoms with E-state index in [9.17, 15) is 4.79 Å². The van der Waals surface area contributed by atoms with Gasteiger partial charge in [0.15, 0.2) is 11.5 Å². The second-order valence-corrected chi connectivity index (χ2v) is 6.35. The van der Waals surface area contributed by atoms with E-state index in [1.54, 1.807) is 6.20 Å². The zero-order chi connectivity index (χ0) is 16.5. The van der Waals surface area contributed by atoms with E-state index >= 15 is 0 Å². The molecule has 1 N–H and O–H groups in total. The number of nitrogens with one attached hydrogen (secondary N) is 1. The Morgan fingerprint density at radius 2 is 2.17 bits per heavy atom. The van der Waals surface area contributed by atoms with E-state index in [4.69, 9.17) is 9.47 Å². The summed E-state index contributed by atoms with van der Waals surface area (Å²) in [4.78, 5) is 16.6. The molecule has 1 fully saturated rings. The van der Waals surface area contributed by atoms with Crippen LogP contribution in [0.3, 0.4) is 0 Å². The Hall–Kier alpha value is -2.50. The van der Waals surface area contributed by atoms with Crippen molar-refractivity contribution < 1.29 is 14.3 Å². The molecule has 0 saturated heterocycles. The Kier molecular flexibility index (Phi) is 3.88. The summed E-state index contributed by atoms with van der Waals surface area (Å²) >= 11 is 0. The van der Waals surface area contributed by atoms with Gasteiger partial charge in [0.05, 0.1) is 0 Å². The van der Waals surface area contributed by atoms with Gasteiger partial charge in [-0.05, 0) is 30.0 Å². The Balaban J connectivity index is 1.31. The van der Waals surface area contributed by atoms with Gasteiger partial charge in [-0.2, -0.15) is 0 Å². The highest BCUT2D eigenvalue weighted by atomic mass is 16.6. The van der Waals surface area contributed by atoms with E-state index in [1.165, 1.54) is 0 Å². The van der Waals surface area contributed by atoms with E-state index in [2.05, 4.69) is 10.3 Å². The Labute approximate surface area is 140 Å². The third kappa shape index (κ3) is 2.96. The quantitative estimate of drug-likeness (QED) is 0.907. The first-order valence-corrected chi connectivity index (χ1v) is 8.36. The molecule has 2 unspecified atom stereocenters. The summed E-state index contributed by atoms with van der Waals surface area (Å²) in [6.07, 6.45) is 5.33. The van der Waals surface area contributed by atoms with Crippen molar-refractivity contribution in [3.05, 3.63) is 42.0 Å². The summed E-state index contributed by atoms with van der Waals surface area (Å²) in [6, 6.07) is 6.00. The smallest absolute Gasteiger partial charge is 0.223 e. The predicted octanol–water partition coefficient (Wildman–Crippen LogP) is 1.65. The molecule has 0 radical (unpaired) electrons. The minimum absolute atomic E-state index is 0.0638. The van der Waals surface area contributed by atoms with Crippen molar-refractivity contribution in [3.8, 4) is 11.5 Å². The molecular weight excluding hydrogens is 306 g/mol. The lowest BCUT2D eigenvalue weighted by molar-refractivity contribution is -0.122. The summed E-state index contributed by atoms with van der Waals surface area (Å²) in [5.74, 6) is 3.04. The number of benzene rings is 1. The molecule has 1 aromatic carbocycles. The number of hydrogen-bond acceptors (Lipinski definition) is 4. The number of carbonyl (C=O) groups is 1. The number of carbonyl (C=O) groups excluding carboxylic acids is 1. The highest BCUT2D eigenvalue weighted by molar-refractivity contribution is 5.83. The summed E-state index contributed by atoms with van der Waals surface area (Å²) in [6.45, 7) is 1.79. The first kappa shape index (κ1) is 15.1. The number of fused-ring (bicyclic) bond motifs is 1. The van der Waals surface area contributed by atoms with Gasteiger partial charge in [-0.15, -0.1) is 0 Å². The third-order valence-corrected chi connectivity index (χ3v) is 4.69. The van der Waals surface area contributed by atoms with Crippen LogP contribution in [-0.2, 0) is 18.3 Å². The second-order valence-electron chi connectivity index (χ2n) is 6.35. The lowest BCUT2D eigenvalue weighted by Crippen LogP contribution is -2.28. The number of imidazole rings is 1. The van der Waals surface area contributed by atoms with Crippen molar-refractivity contribution in [3.63, 3.8) is 0 Å². The van der Waals surface area contributed by atoms with Gasteiger partial charge in [-0.25, -0.2) is 4.98 Å². The SMILES string of the molecule is Cn1ccnc1CCNC(=O)C1CC1c1ccc2c(c1)OCCO2. The van der Waals surface area contributed by atoms with Gasteiger partial charge in [0.2, 0.25) is 5.91 Å². The minimum Gasteiger partial charge on any atom is -0.486 e. The van der Waals surface area contributed by atoms with Crippen LogP contribution in [0.15, 0.2) is 30.6 Å². The van der Waals surface area contributed by atoms with Crippen LogP contribution in [-0.4, -0.2) is 35.2 Å². The maximum atomic E-state index is 12.3. The number of aromatic nitrogens is 2. The number of rotatable bonds is 5. The minimum atomic E-state index is 0.0638. The second kappa shape index (κ2) is 6.19. The molecule has 1 saturated carbocycles. The molecule has 4 rings (SSSR count). The molecule has 6 heteroatoms. The standard InChI is InChI=1S/C18H21N3O3/c1-21-7-6-19-17(21)4-5-20-18(22)14-11-13(14)12-2-3-15-16(10-12)24-9-8-23-15/h2-3,6-7,10,13-14H,4-5,8-9,11H2,1H3,(H,20,22). The number of amides is 1. The van der Waals surface area contributed by atoms with Crippen LogP contribution < -0.4 is 14.8 Å². The fraction of sp³-hybridized carbons (Fsp3) is 0.444. The Morgan fingerprint density at radius 1 is 1.33 bits per heavy atom. The topological polar surface area (TPSA) is 65.4 Å². The van der Waals surface area contributed by atoms with Crippen LogP contribution in [0.2, 0.25) is 0 Å². The van der Waals surface area contributed by atoms with E-state index < -0.39 is 0 Å². The summed E-state index contributed by atoms with van der Waals surface area (Å²) in [7, 11) is 1.96. The van der Waals surface area contributed by atoms with Crippen molar-refractivity contribution in [2.24, 2.45) is 13.0 Å². The van der Waals surface area contributed by atoms with Crippen LogP contribution >= 0.6 is 0 Å². The van der Waals surface area contributed by atoms with E-state index in [1.807, 2.05) is 36.0 Å². The lowest BCUT2D eigenvalue weighted by Gasteiger charge is -2.18. The number of aryl methyl sites for hydroxylation is 1. The van der Waals surface area contributed by atoms with Crippen molar-refractivity contribution in [2.75, 3.05) is 19.8 Å². The van der Waals surface area contributed by atoms with Crippen molar-refractivity contribution in [1.82, 2.24) is 14.9 Å². The van der Waals surface area contributed by atoms with Gasteiger partial charge in [0.25, 0.3) is 0 Å². The highest BCUT2D eigenvalue weighted by Gasteiger charge is 2.44. The number of hydrogen-bond donors (Lipinski definition) is 1. The zero-order valence-corrected chi connectivity index (χ0v) is 13.7. The molecule has 2 aromatic rings. The molecule has 24 heavy (non-hydrogen) atoms. The van der Waals surface area contributed by atoms with Gasteiger partial charge in [-0.1, -0.05) is 6.07 Å². The monoisotopic (exact) mass is 327 g/mol. The zero-order valence-electron chi connectivity index (χ0n) is 13.7. The maximum absolute atomic E-state index is 12.3. The first-order chi connectivity index (χ1) is 11.7. The highest BCUT2D eigenvalue weighted by Crippen LogP contribution is 2.49. The summed E-state index contributed by atoms with van der Waals surface area (Å²) in [5.41, 5.74) is 1.16. The first-order valence-electron chi connectivity index (χ1n) is 8.36. The Bertz CT molecular complexity index is 756. The molecule has 2 aliphatic rings. The molecule has 126 valence electrons. The molecule has 1 aliphatic heterocycles. The van der Waals surface area contributed by atoms with Crippen molar-refractivity contribution in [2.45, 2.75) is 18.8 Å². The normalized spacial score (nSPS) is 21.4. The average Bonchev–Trinajstić information content (AvgIpc) is 3.31. The molecule has 1 amide bonds. The van der Waals surface area contributed by atoms with Gasteiger partial charge in [-0.3, -0.25) is 4.79 Å². The van der Waals surface area contributed by atoms with E-state index in [0.29, 0.717) is 19.8 Å². The van der Waals surface area contributed by atoms with Gasteiger partial charge >= 0.3 is 0 Å². The van der Waals surface area contributed by atoms with Crippen LogP contribution in [0, 0.1) is 5.92 Å². The molecule has 0 spiro atoms. The predicted molar refractivity (Wildman–Crippen MR) is 88.2 cm³/mol. The van der Waals surface area contributed by atoms with Crippen molar-refractivity contribution >= 4 is 5.91 Å². The molecular formula is C18H21N3O3. The summed E-state index contributed by atoms with van der Waals surface area (Å²) < 4.78 is 13.1.